The van der Waals surface area contributed by atoms with Crippen LogP contribution in [0.15, 0.2) is 12.7 Å². The molecule has 0 unspecified atom stereocenters. The van der Waals surface area contributed by atoms with Crippen molar-refractivity contribution in [1.82, 2.24) is 0 Å². The molecule has 0 saturated heterocycles. The zero-order valence-corrected chi connectivity index (χ0v) is 34.6. The van der Waals surface area contributed by atoms with Crippen molar-refractivity contribution in [2.24, 2.45) is 0 Å². The summed E-state index contributed by atoms with van der Waals surface area (Å²) in [6.07, 6.45) is 63.9. The minimum absolute atomic E-state index is 0.970. The number of hydrogen-bond acceptors (Lipinski definition) is 0. The number of hydrogen-bond donors (Lipinski definition) is 0. The van der Waals surface area contributed by atoms with E-state index in [1.807, 2.05) is 6.08 Å². The van der Waals surface area contributed by atoms with Gasteiger partial charge in [0.15, 0.2) is 0 Å². The van der Waals surface area contributed by atoms with E-state index in [1.54, 1.807) is 0 Å². The smallest absolute Gasteiger partial charge is 0.00860 e. The molecule has 0 atom stereocenters. The predicted octanol–water partition coefficient (Wildman–Crippen LogP) is 18.5. The van der Waals surface area contributed by atoms with Gasteiger partial charge in [-0.3, -0.25) is 0 Å². The Labute approximate surface area is 308 Å². The van der Waals surface area contributed by atoms with Gasteiger partial charge in [-0.25, -0.2) is 0 Å². The molecule has 0 aliphatic heterocycles. The van der Waals surface area contributed by atoms with Gasteiger partial charge in [0, 0.05) is 6.42 Å². The molecule has 0 aromatic rings. The average Bonchev–Trinajstić information content (AvgIpc) is 3.10. The fourth-order valence-electron chi connectivity index (χ4n) is 6.47. The minimum Gasteiger partial charge on any atom is -0.120 e. The van der Waals surface area contributed by atoms with Crippen LogP contribution >= 0.6 is 0 Å². The van der Waals surface area contributed by atoms with Crippen LogP contribution < -0.4 is 0 Å². The zero-order valence-electron chi connectivity index (χ0n) is 34.6. The highest BCUT2D eigenvalue weighted by Gasteiger charge is 1.95. The van der Waals surface area contributed by atoms with Gasteiger partial charge in [0.2, 0.25) is 0 Å². The summed E-state index contributed by atoms with van der Waals surface area (Å²) in [7, 11) is 0. The first-order valence-electron chi connectivity index (χ1n) is 22.8. The Morgan fingerprint density at radius 1 is 0.312 bits per heavy atom. The molecule has 0 saturated carbocycles. The molecule has 0 heteroatoms. The minimum atomic E-state index is 0.970. The number of unbranched alkanes of at least 4 members (excludes halogenated alkanes) is 37. The summed E-state index contributed by atoms with van der Waals surface area (Å²) in [4.78, 5) is 0. The molecule has 0 aliphatic rings. The first-order valence-corrected chi connectivity index (χ1v) is 22.8. The van der Waals surface area contributed by atoms with E-state index in [1.165, 1.54) is 250 Å². The van der Waals surface area contributed by atoms with Gasteiger partial charge in [0.1, 0.15) is 0 Å². The van der Waals surface area contributed by atoms with E-state index in [-0.39, 0.29) is 0 Å². The SMILES string of the molecule is C#CCCCCCCCCCCCCCC.C=CCCCCCCCCCCCCCC.CCCCCCCCCCCCCCCC. The third kappa shape index (κ3) is 60.6. The van der Waals surface area contributed by atoms with E-state index in [2.05, 4.69) is 40.2 Å². The third-order valence-electron chi connectivity index (χ3n) is 9.89. The largest absolute Gasteiger partial charge is 0.120 e. The molecule has 0 aliphatic carbocycles. The molecule has 0 amide bonds. The second-order valence-electron chi connectivity index (χ2n) is 15.1. The second kappa shape index (κ2) is 55.7. The van der Waals surface area contributed by atoms with E-state index >= 15 is 0 Å². The molecule has 0 heterocycles. The van der Waals surface area contributed by atoms with Crippen molar-refractivity contribution in [2.75, 3.05) is 0 Å². The standard InChI is InChI=1S/C16H34.C16H32.C16H30/c3*1-3-5-7-9-11-13-15-16-14-12-10-8-6-4-2/h3-16H2,1-2H3;3H,1,4-16H2,2H3;1H,4-16H2,2H3. The monoisotopic (exact) mass is 673 g/mol. The van der Waals surface area contributed by atoms with Crippen molar-refractivity contribution >= 4 is 0 Å². The van der Waals surface area contributed by atoms with E-state index < -0.39 is 0 Å². The normalized spacial score (nSPS) is 10.6. The van der Waals surface area contributed by atoms with E-state index in [0.29, 0.717) is 0 Å². The Hall–Kier alpha value is -0.700. The number of allylic oxidation sites excluding steroid dienone is 1. The lowest BCUT2D eigenvalue weighted by Crippen LogP contribution is -1.82. The molecule has 0 rings (SSSR count). The summed E-state index contributed by atoms with van der Waals surface area (Å²) in [6, 6.07) is 0. The van der Waals surface area contributed by atoms with Crippen molar-refractivity contribution < 1.29 is 0 Å². The van der Waals surface area contributed by atoms with Crippen LogP contribution in [0.25, 0.3) is 0 Å². The Balaban J connectivity index is -0.000000633. The molecule has 0 bridgehead atoms. The van der Waals surface area contributed by atoms with Gasteiger partial charge < -0.3 is 0 Å². The summed E-state index contributed by atoms with van der Waals surface area (Å²) in [5, 5.41) is 0. The van der Waals surface area contributed by atoms with E-state index in [0.717, 1.165) is 6.42 Å². The third-order valence-corrected chi connectivity index (χ3v) is 9.89. The Kier molecular flexibility index (Phi) is 60.0. The van der Waals surface area contributed by atoms with Crippen LogP contribution in [-0.4, -0.2) is 0 Å². The van der Waals surface area contributed by atoms with Crippen LogP contribution in [0, 0.1) is 12.3 Å². The van der Waals surface area contributed by atoms with Crippen LogP contribution in [0.5, 0.6) is 0 Å². The molecular weight excluding hydrogens is 577 g/mol. The highest BCUT2D eigenvalue weighted by Crippen LogP contribution is 2.15. The van der Waals surface area contributed by atoms with Crippen LogP contribution in [-0.2, 0) is 0 Å². The number of rotatable bonds is 38. The van der Waals surface area contributed by atoms with Crippen LogP contribution in [0.1, 0.15) is 285 Å². The highest BCUT2D eigenvalue weighted by molar-refractivity contribution is 4.82. The summed E-state index contributed by atoms with van der Waals surface area (Å²) in [5.74, 6) is 2.70. The second-order valence-corrected chi connectivity index (χ2v) is 15.1. The van der Waals surface area contributed by atoms with Crippen molar-refractivity contribution in [1.29, 1.82) is 0 Å². The van der Waals surface area contributed by atoms with Gasteiger partial charge in [-0.2, -0.15) is 0 Å². The maximum Gasteiger partial charge on any atom is 0.00860 e. The molecule has 0 nitrogen and oxygen atoms in total. The fraction of sp³-hybridized carbons (Fsp3) is 0.917. The maximum absolute atomic E-state index is 5.21. The molecule has 288 valence electrons. The molecule has 0 aromatic carbocycles. The Morgan fingerprint density at radius 3 is 0.688 bits per heavy atom. The first-order chi connectivity index (χ1) is 23.7. The van der Waals surface area contributed by atoms with Gasteiger partial charge in [-0.1, -0.05) is 265 Å². The molecule has 0 spiro atoms. The van der Waals surface area contributed by atoms with Gasteiger partial charge in [0.25, 0.3) is 0 Å². The average molecular weight is 673 g/mol. The fourth-order valence-corrected chi connectivity index (χ4v) is 6.47. The van der Waals surface area contributed by atoms with Crippen LogP contribution in [0.2, 0.25) is 0 Å². The number of terminal acetylenes is 1. The van der Waals surface area contributed by atoms with Crippen LogP contribution in [0.4, 0.5) is 0 Å². The Bertz CT molecular complexity index is 525. The predicted molar refractivity (Wildman–Crippen MR) is 226 cm³/mol. The molecule has 0 fully saturated rings. The van der Waals surface area contributed by atoms with Gasteiger partial charge in [-0.15, -0.1) is 18.9 Å². The zero-order chi connectivity index (χ0) is 35.7. The van der Waals surface area contributed by atoms with Gasteiger partial charge >= 0.3 is 0 Å². The molecule has 48 heavy (non-hydrogen) atoms. The van der Waals surface area contributed by atoms with Crippen molar-refractivity contribution in [2.45, 2.75) is 285 Å². The summed E-state index contributed by atoms with van der Waals surface area (Å²) >= 11 is 0. The van der Waals surface area contributed by atoms with Crippen molar-refractivity contribution in [3.8, 4) is 12.3 Å². The van der Waals surface area contributed by atoms with E-state index in [4.69, 9.17) is 6.42 Å². The lowest BCUT2D eigenvalue weighted by atomic mass is 10.0. The topological polar surface area (TPSA) is 0 Å². The summed E-state index contributed by atoms with van der Waals surface area (Å²) in [6.45, 7) is 12.9. The molecule has 0 radical (unpaired) electrons. The summed E-state index contributed by atoms with van der Waals surface area (Å²) in [5.41, 5.74) is 0. The van der Waals surface area contributed by atoms with Crippen molar-refractivity contribution in [3.05, 3.63) is 12.7 Å². The quantitative estimate of drug-likeness (QED) is 0.0348. The molecule has 0 N–H and O–H groups in total. The van der Waals surface area contributed by atoms with Gasteiger partial charge in [0.05, 0.1) is 0 Å². The highest BCUT2D eigenvalue weighted by atomic mass is 14.0. The first kappa shape index (κ1) is 51.7. The Morgan fingerprint density at radius 2 is 0.500 bits per heavy atom. The maximum atomic E-state index is 5.21. The van der Waals surface area contributed by atoms with Crippen LogP contribution in [0.3, 0.4) is 0 Å². The van der Waals surface area contributed by atoms with E-state index in [9.17, 15) is 0 Å². The lowest BCUT2D eigenvalue weighted by molar-refractivity contribution is 0.538. The van der Waals surface area contributed by atoms with Gasteiger partial charge in [-0.05, 0) is 19.3 Å². The van der Waals surface area contributed by atoms with Crippen molar-refractivity contribution in [3.63, 3.8) is 0 Å². The molecular formula is C48H96. The summed E-state index contributed by atoms with van der Waals surface area (Å²) < 4.78 is 0. The molecule has 0 aromatic heterocycles. The lowest BCUT2D eigenvalue weighted by Gasteiger charge is -2.02.